The maximum absolute atomic E-state index is 11.9. The Labute approximate surface area is 88.9 Å². The first-order valence-electron chi connectivity index (χ1n) is 4.77. The minimum absolute atomic E-state index is 0.00567. The van der Waals surface area contributed by atoms with Crippen molar-refractivity contribution in [3.05, 3.63) is 0 Å². The standard InChI is InChI=1S/C8H14F3NO2S/c9-8(10,11)3-6-12-4-1-7(2-5-12)15(13)14/h7H,1-6H2,(H,13,14). The first-order valence-corrected chi connectivity index (χ1v) is 5.94. The Morgan fingerprint density at radius 1 is 1.33 bits per heavy atom. The predicted octanol–water partition coefficient (Wildman–Crippen LogP) is 1.62. The lowest BCUT2D eigenvalue weighted by molar-refractivity contribution is -0.138. The molecule has 7 heteroatoms. The SMILES string of the molecule is O=S(O)C1CCN(CCC(F)(F)F)CC1. The Morgan fingerprint density at radius 2 is 1.87 bits per heavy atom. The van der Waals surface area contributed by atoms with Crippen LogP contribution in [0.1, 0.15) is 19.3 Å². The summed E-state index contributed by atoms with van der Waals surface area (Å²) in [6.07, 6.45) is -3.92. The highest BCUT2D eigenvalue weighted by molar-refractivity contribution is 7.79. The van der Waals surface area contributed by atoms with Crippen LogP contribution >= 0.6 is 0 Å². The molecule has 0 aromatic carbocycles. The molecule has 1 heterocycles. The van der Waals surface area contributed by atoms with Crippen molar-refractivity contribution in [3.8, 4) is 0 Å². The van der Waals surface area contributed by atoms with Crippen LogP contribution < -0.4 is 0 Å². The van der Waals surface area contributed by atoms with Crippen molar-refractivity contribution in [1.82, 2.24) is 4.90 Å². The summed E-state index contributed by atoms with van der Waals surface area (Å²) in [6, 6.07) is 0. The minimum atomic E-state index is -4.11. The highest BCUT2D eigenvalue weighted by Crippen LogP contribution is 2.21. The van der Waals surface area contributed by atoms with Crippen LogP contribution in [-0.2, 0) is 11.1 Å². The van der Waals surface area contributed by atoms with Crippen molar-refractivity contribution in [1.29, 1.82) is 0 Å². The van der Waals surface area contributed by atoms with Crippen LogP contribution in [0.5, 0.6) is 0 Å². The molecular formula is C8H14F3NO2S. The Kier molecular flexibility index (Phi) is 4.54. The van der Waals surface area contributed by atoms with Gasteiger partial charge in [-0.3, -0.25) is 0 Å². The minimum Gasteiger partial charge on any atom is -0.306 e. The molecule has 1 unspecified atom stereocenters. The van der Waals surface area contributed by atoms with E-state index in [1.807, 2.05) is 0 Å². The maximum Gasteiger partial charge on any atom is 0.390 e. The molecule has 1 saturated heterocycles. The second-order valence-electron chi connectivity index (χ2n) is 3.68. The molecule has 1 fully saturated rings. The number of nitrogens with zero attached hydrogens (tertiary/aromatic N) is 1. The molecule has 0 amide bonds. The number of halogens is 3. The van der Waals surface area contributed by atoms with Crippen molar-refractivity contribution in [2.24, 2.45) is 0 Å². The molecule has 90 valence electrons. The zero-order chi connectivity index (χ0) is 11.5. The summed E-state index contributed by atoms with van der Waals surface area (Å²) in [5, 5.41) is -0.271. The van der Waals surface area contributed by atoms with Crippen molar-refractivity contribution >= 4 is 11.1 Å². The van der Waals surface area contributed by atoms with Crippen LogP contribution in [0.3, 0.4) is 0 Å². The molecule has 0 spiro atoms. The zero-order valence-electron chi connectivity index (χ0n) is 8.16. The molecular weight excluding hydrogens is 231 g/mol. The molecule has 3 nitrogen and oxygen atoms in total. The van der Waals surface area contributed by atoms with E-state index < -0.39 is 23.7 Å². The summed E-state index contributed by atoms with van der Waals surface area (Å²) in [6.45, 7) is 0.953. The highest BCUT2D eigenvalue weighted by atomic mass is 32.2. The van der Waals surface area contributed by atoms with Crippen LogP contribution in [0.2, 0.25) is 0 Å². The third-order valence-electron chi connectivity index (χ3n) is 2.53. The van der Waals surface area contributed by atoms with Gasteiger partial charge in [0.15, 0.2) is 11.1 Å². The van der Waals surface area contributed by atoms with E-state index in [1.54, 1.807) is 4.90 Å². The lowest BCUT2D eigenvalue weighted by Gasteiger charge is -2.30. The molecule has 15 heavy (non-hydrogen) atoms. The molecule has 1 N–H and O–H groups in total. The topological polar surface area (TPSA) is 40.5 Å². The summed E-state index contributed by atoms with van der Waals surface area (Å²) in [5.74, 6) is 0. The smallest absolute Gasteiger partial charge is 0.306 e. The fourth-order valence-electron chi connectivity index (χ4n) is 1.62. The Balaban J connectivity index is 2.23. The average Bonchev–Trinajstić information content (AvgIpc) is 2.14. The van der Waals surface area contributed by atoms with E-state index in [0.717, 1.165) is 0 Å². The molecule has 1 atom stereocenters. The van der Waals surface area contributed by atoms with E-state index in [4.69, 9.17) is 4.55 Å². The molecule has 0 saturated carbocycles. The van der Waals surface area contributed by atoms with E-state index in [1.165, 1.54) is 0 Å². The molecule has 1 aliphatic heterocycles. The summed E-state index contributed by atoms with van der Waals surface area (Å²) in [7, 11) is 0. The molecule has 0 aromatic heterocycles. The van der Waals surface area contributed by atoms with Crippen LogP contribution in [0.15, 0.2) is 0 Å². The van der Waals surface area contributed by atoms with Crippen molar-refractivity contribution < 1.29 is 21.9 Å². The molecule has 0 radical (unpaired) electrons. The van der Waals surface area contributed by atoms with Gasteiger partial charge in [0.1, 0.15) is 0 Å². The van der Waals surface area contributed by atoms with E-state index in [2.05, 4.69) is 0 Å². The largest absolute Gasteiger partial charge is 0.390 e. The Bertz CT molecular complexity index is 226. The average molecular weight is 245 g/mol. The quantitative estimate of drug-likeness (QED) is 0.768. The third-order valence-corrected chi connectivity index (χ3v) is 3.57. The fourth-order valence-corrected chi connectivity index (χ4v) is 2.23. The van der Waals surface area contributed by atoms with Crippen LogP contribution in [0, 0.1) is 0 Å². The van der Waals surface area contributed by atoms with Crippen molar-refractivity contribution in [3.63, 3.8) is 0 Å². The molecule has 0 bridgehead atoms. The van der Waals surface area contributed by atoms with Crippen LogP contribution in [0.4, 0.5) is 13.2 Å². The van der Waals surface area contributed by atoms with E-state index in [0.29, 0.717) is 25.9 Å². The number of hydrogen-bond acceptors (Lipinski definition) is 2. The van der Waals surface area contributed by atoms with Gasteiger partial charge in [0.25, 0.3) is 0 Å². The van der Waals surface area contributed by atoms with Crippen LogP contribution in [-0.4, -0.2) is 44.7 Å². The summed E-state index contributed by atoms with van der Waals surface area (Å²) in [4.78, 5) is 1.69. The van der Waals surface area contributed by atoms with Gasteiger partial charge < -0.3 is 9.45 Å². The van der Waals surface area contributed by atoms with Gasteiger partial charge in [-0.25, -0.2) is 4.21 Å². The van der Waals surface area contributed by atoms with Crippen molar-refractivity contribution in [2.75, 3.05) is 19.6 Å². The molecule has 1 rings (SSSR count). The van der Waals surface area contributed by atoms with Gasteiger partial charge in [0.2, 0.25) is 0 Å². The first-order chi connectivity index (χ1) is 6.88. The lowest BCUT2D eigenvalue weighted by Crippen LogP contribution is -2.39. The Morgan fingerprint density at radius 3 is 2.27 bits per heavy atom. The monoisotopic (exact) mass is 245 g/mol. The van der Waals surface area contributed by atoms with Crippen LogP contribution in [0.25, 0.3) is 0 Å². The van der Waals surface area contributed by atoms with Gasteiger partial charge in [0.05, 0.1) is 11.7 Å². The van der Waals surface area contributed by atoms with Gasteiger partial charge in [-0.1, -0.05) is 0 Å². The molecule has 0 aromatic rings. The summed E-state index contributed by atoms with van der Waals surface area (Å²) >= 11 is -1.84. The lowest BCUT2D eigenvalue weighted by atomic mass is 10.1. The normalized spacial score (nSPS) is 22.9. The van der Waals surface area contributed by atoms with Gasteiger partial charge in [-0.05, 0) is 25.9 Å². The Hall–Kier alpha value is -0.140. The summed E-state index contributed by atoms with van der Waals surface area (Å²) < 4.78 is 55.2. The second kappa shape index (κ2) is 5.27. The number of likely N-dealkylation sites (tertiary alicyclic amines) is 1. The fraction of sp³-hybridized carbons (Fsp3) is 1.00. The number of alkyl halides is 3. The number of piperidine rings is 1. The summed E-state index contributed by atoms with van der Waals surface area (Å²) in [5.41, 5.74) is 0. The number of hydrogen-bond donors (Lipinski definition) is 1. The van der Waals surface area contributed by atoms with E-state index in [-0.39, 0.29) is 11.8 Å². The van der Waals surface area contributed by atoms with Gasteiger partial charge >= 0.3 is 6.18 Å². The van der Waals surface area contributed by atoms with E-state index >= 15 is 0 Å². The number of rotatable bonds is 3. The molecule has 1 aliphatic rings. The highest BCUT2D eigenvalue weighted by Gasteiger charge is 2.29. The van der Waals surface area contributed by atoms with Gasteiger partial charge in [-0.2, -0.15) is 13.2 Å². The second-order valence-corrected chi connectivity index (χ2v) is 4.90. The molecule has 0 aliphatic carbocycles. The van der Waals surface area contributed by atoms with E-state index in [9.17, 15) is 17.4 Å². The third kappa shape index (κ3) is 4.94. The van der Waals surface area contributed by atoms with Gasteiger partial charge in [-0.15, -0.1) is 0 Å². The first kappa shape index (κ1) is 12.9. The van der Waals surface area contributed by atoms with Gasteiger partial charge in [0, 0.05) is 6.54 Å². The maximum atomic E-state index is 11.9. The van der Waals surface area contributed by atoms with Crippen molar-refractivity contribution in [2.45, 2.75) is 30.7 Å². The zero-order valence-corrected chi connectivity index (χ0v) is 8.98. The predicted molar refractivity (Wildman–Crippen MR) is 50.9 cm³/mol.